The molecule has 0 aromatic carbocycles. The molecule has 0 bridgehead atoms. The van der Waals surface area contributed by atoms with Gasteiger partial charge in [-0.2, -0.15) is 0 Å². The lowest BCUT2D eigenvalue weighted by Gasteiger charge is -1.79. The van der Waals surface area contributed by atoms with Gasteiger partial charge >= 0.3 is 28.7 Å². The molecule has 1 aliphatic rings. The summed E-state index contributed by atoms with van der Waals surface area (Å²) >= 11 is 11.7. The zero-order valence-electron chi connectivity index (χ0n) is 2.83. The van der Waals surface area contributed by atoms with Crippen LogP contribution >= 0.6 is 22.8 Å². The quantitative estimate of drug-likeness (QED) is 0.515. The van der Waals surface area contributed by atoms with Crippen molar-refractivity contribution in [1.82, 2.24) is 0 Å². The van der Waals surface area contributed by atoms with E-state index in [2.05, 4.69) is 0 Å². The van der Waals surface area contributed by atoms with Crippen LogP contribution in [0.5, 0.6) is 0 Å². The molecule has 0 nitrogen and oxygen atoms in total. The largest absolute Gasteiger partial charge is 0.352 e. The van der Waals surface area contributed by atoms with Crippen LogP contribution in [-0.4, -0.2) is 5.90 Å². The maximum atomic E-state index is 4.92. The lowest BCUT2D eigenvalue weighted by molar-refractivity contribution is 2.27. The molecule has 1 fully saturated rings. The second-order valence-electron chi connectivity index (χ2n) is 0.889. The highest BCUT2D eigenvalue weighted by Crippen LogP contribution is 2.71. The zero-order valence-corrected chi connectivity index (χ0v) is 7.06. The fourth-order valence-electron chi connectivity index (χ4n) is 0.189. The van der Waals surface area contributed by atoms with Gasteiger partial charge in [-0.3, -0.25) is 0 Å². The van der Waals surface area contributed by atoms with Crippen LogP contribution in [0.15, 0.2) is 0 Å². The van der Waals surface area contributed by atoms with Crippen molar-refractivity contribution in [2.75, 3.05) is 5.90 Å². The minimum absolute atomic E-state index is 0.0324. The summed E-state index contributed by atoms with van der Waals surface area (Å²) in [7, 11) is 0. The third-order valence-corrected chi connectivity index (χ3v) is 14.8. The van der Waals surface area contributed by atoms with Crippen molar-refractivity contribution < 1.29 is 0 Å². The third kappa shape index (κ3) is 1.18. The summed E-state index contributed by atoms with van der Waals surface area (Å²) in [5.74, 6) is 1.13. The van der Waals surface area contributed by atoms with Gasteiger partial charge in [0.2, 0.25) is 0 Å². The summed E-state index contributed by atoms with van der Waals surface area (Å²) in [6, 6.07) is 0. The first-order chi connectivity index (χ1) is 2.79. The molecule has 2 unspecified atom stereocenters. The van der Waals surface area contributed by atoms with Crippen molar-refractivity contribution in [1.29, 1.82) is 0 Å². The molecular formula is CH2P2S3+2. The van der Waals surface area contributed by atoms with Crippen molar-refractivity contribution in [3.63, 3.8) is 0 Å². The summed E-state index contributed by atoms with van der Waals surface area (Å²) in [5, 5.41) is 0. The Morgan fingerprint density at radius 1 is 1.33 bits per heavy atom. The molecule has 6 heavy (non-hydrogen) atoms. The highest BCUT2D eigenvalue weighted by atomic mass is 33.2. The van der Waals surface area contributed by atoms with Crippen LogP contribution in [0.3, 0.4) is 0 Å². The van der Waals surface area contributed by atoms with Crippen LogP contribution in [0.2, 0.25) is 0 Å². The molecule has 0 amide bonds. The normalized spacial score (nSPS) is 32.7. The summed E-state index contributed by atoms with van der Waals surface area (Å²) < 4.78 is 0. The van der Waals surface area contributed by atoms with Gasteiger partial charge in [-0.25, -0.2) is 0 Å². The predicted octanol–water partition coefficient (Wildman–Crippen LogP) is 2.41. The Labute approximate surface area is 52.4 Å². The standard InChI is InChI=1S/CH2P2S3/c4-2-1-3(5)6-2/h1H2/q+2. The molecule has 0 aromatic heterocycles. The van der Waals surface area contributed by atoms with Gasteiger partial charge in [0.25, 0.3) is 0 Å². The SMILES string of the molecule is S=[P+]1C[P+](=S)S1. The van der Waals surface area contributed by atoms with Crippen LogP contribution < -0.4 is 0 Å². The first kappa shape index (κ1) is 5.53. The monoisotopic (exact) mass is 172 g/mol. The average Bonchev–Trinajstić information content (AvgIpc) is 1.33. The summed E-state index contributed by atoms with van der Waals surface area (Å²) in [4.78, 5) is 0. The van der Waals surface area contributed by atoms with Crippen molar-refractivity contribution in [3.8, 4) is 0 Å². The van der Waals surface area contributed by atoms with E-state index in [0.717, 1.165) is 0 Å². The summed E-state index contributed by atoms with van der Waals surface area (Å²) in [6.45, 7) is 0. The molecule has 0 N–H and O–H groups in total. The highest BCUT2D eigenvalue weighted by Gasteiger charge is 2.45. The van der Waals surface area contributed by atoms with Crippen LogP contribution in [0, 0.1) is 0 Å². The van der Waals surface area contributed by atoms with E-state index in [9.17, 15) is 0 Å². The van der Waals surface area contributed by atoms with Gasteiger partial charge in [0.15, 0.2) is 23.6 Å². The molecule has 0 aliphatic carbocycles. The molecule has 0 saturated carbocycles. The first-order valence-corrected chi connectivity index (χ1v) is 8.47. The fourth-order valence-corrected chi connectivity index (χ4v) is 14.4. The van der Waals surface area contributed by atoms with Gasteiger partial charge < -0.3 is 0 Å². The Morgan fingerprint density at radius 2 is 1.67 bits per heavy atom. The lowest BCUT2D eigenvalue weighted by Crippen LogP contribution is -1.67. The average molecular weight is 172 g/mol. The van der Waals surface area contributed by atoms with Crippen molar-refractivity contribution in [2.24, 2.45) is 0 Å². The number of hydrogen-bond acceptors (Lipinski definition) is 3. The van der Waals surface area contributed by atoms with Crippen molar-refractivity contribution in [2.45, 2.75) is 0 Å². The van der Waals surface area contributed by atoms with E-state index in [1.165, 1.54) is 5.90 Å². The van der Waals surface area contributed by atoms with Gasteiger partial charge in [-0.1, -0.05) is 0 Å². The molecule has 2 atom stereocenters. The van der Waals surface area contributed by atoms with E-state index in [4.69, 9.17) is 23.6 Å². The summed E-state index contributed by atoms with van der Waals surface area (Å²) in [5.41, 5.74) is 0. The Hall–Kier alpha value is 1.39. The van der Waals surface area contributed by atoms with Gasteiger partial charge in [-0.05, 0) is 0 Å². The van der Waals surface area contributed by atoms with Crippen molar-refractivity contribution >= 4 is 46.4 Å². The van der Waals surface area contributed by atoms with E-state index in [1.54, 1.807) is 0 Å². The molecule has 0 aromatic rings. The van der Waals surface area contributed by atoms with Gasteiger partial charge in [0.1, 0.15) is 0 Å². The van der Waals surface area contributed by atoms with Crippen LogP contribution in [0.1, 0.15) is 0 Å². The van der Waals surface area contributed by atoms with E-state index in [0.29, 0.717) is 0 Å². The van der Waals surface area contributed by atoms with E-state index >= 15 is 0 Å². The van der Waals surface area contributed by atoms with Crippen molar-refractivity contribution in [3.05, 3.63) is 0 Å². The highest BCUT2D eigenvalue weighted by molar-refractivity contribution is 8.99. The minimum atomic E-state index is -0.0324. The molecule has 5 heteroatoms. The Bertz CT molecular complexity index is 85.4. The molecule has 1 heterocycles. The molecule has 1 rings (SSSR count). The topological polar surface area (TPSA) is 0 Å². The predicted molar refractivity (Wildman–Crippen MR) is 41.0 cm³/mol. The van der Waals surface area contributed by atoms with Crippen LogP contribution in [-0.2, 0) is 23.6 Å². The smallest absolute Gasteiger partial charge is 0.183 e. The van der Waals surface area contributed by atoms with E-state index in [1.807, 2.05) is 11.0 Å². The van der Waals surface area contributed by atoms with E-state index in [-0.39, 0.29) is 11.8 Å². The Morgan fingerprint density at radius 3 is 1.67 bits per heavy atom. The molecule has 0 radical (unpaired) electrons. The lowest BCUT2D eigenvalue weighted by atomic mass is 11.9. The van der Waals surface area contributed by atoms with Crippen LogP contribution in [0.4, 0.5) is 0 Å². The molecule has 1 saturated heterocycles. The fraction of sp³-hybridized carbons (Fsp3) is 1.00. The first-order valence-electron chi connectivity index (χ1n) is 1.36. The molecular weight excluding hydrogens is 170 g/mol. The third-order valence-electron chi connectivity index (χ3n) is 0.413. The second kappa shape index (κ2) is 2.11. The second-order valence-corrected chi connectivity index (χ2v) is 12.1. The van der Waals surface area contributed by atoms with Crippen LogP contribution in [0.25, 0.3) is 0 Å². The minimum Gasteiger partial charge on any atom is 0.183 e. The van der Waals surface area contributed by atoms with Gasteiger partial charge in [0.05, 0.1) is 0 Å². The van der Waals surface area contributed by atoms with Gasteiger partial charge in [0, 0.05) is 0 Å². The number of hydrogen-bond donors (Lipinski definition) is 0. The maximum Gasteiger partial charge on any atom is 0.352 e. The van der Waals surface area contributed by atoms with Gasteiger partial charge in [-0.15, -0.1) is 0 Å². The maximum absolute atomic E-state index is 4.92. The molecule has 0 spiro atoms. The molecule has 32 valence electrons. The Balaban J connectivity index is 2.47. The number of rotatable bonds is 0. The molecule has 1 aliphatic heterocycles. The zero-order chi connectivity index (χ0) is 4.57. The summed E-state index contributed by atoms with van der Waals surface area (Å²) in [6.07, 6.45) is 0. The Kier molecular flexibility index (Phi) is 1.94. The van der Waals surface area contributed by atoms with E-state index < -0.39 is 0 Å².